The van der Waals surface area contributed by atoms with Crippen molar-refractivity contribution in [3.8, 4) is 0 Å². The van der Waals surface area contributed by atoms with Crippen molar-refractivity contribution in [2.45, 2.75) is 26.3 Å². The second kappa shape index (κ2) is 8.00. The highest BCUT2D eigenvalue weighted by Gasteiger charge is 2.09. The first-order valence-electron chi connectivity index (χ1n) is 5.02. The van der Waals surface area contributed by atoms with Gasteiger partial charge in [-0.25, -0.2) is 0 Å². The van der Waals surface area contributed by atoms with E-state index in [1.807, 2.05) is 0 Å². The first kappa shape index (κ1) is 13.7. The Morgan fingerprint density at radius 2 is 1.92 bits per heavy atom. The van der Waals surface area contributed by atoms with Gasteiger partial charge in [0, 0.05) is 10.5 Å². The van der Waals surface area contributed by atoms with Crippen LogP contribution in [0.5, 0.6) is 0 Å². The molecule has 0 saturated carbocycles. The van der Waals surface area contributed by atoms with Crippen LogP contribution in [0.25, 0.3) is 0 Å². The van der Waals surface area contributed by atoms with Crippen molar-refractivity contribution in [3.63, 3.8) is 0 Å². The van der Waals surface area contributed by atoms with Crippen LogP contribution in [0, 0.1) is 5.92 Å². The third-order valence-corrected chi connectivity index (χ3v) is 3.11. The molecule has 0 rings (SSSR count). The molecule has 0 heterocycles. The first-order chi connectivity index (χ1) is 6.07. The van der Waals surface area contributed by atoms with Crippen molar-refractivity contribution in [3.05, 3.63) is 0 Å². The van der Waals surface area contributed by atoms with E-state index in [-0.39, 0.29) is 0 Å². The molecule has 0 fully saturated rings. The van der Waals surface area contributed by atoms with Crippen LogP contribution in [0.3, 0.4) is 0 Å². The van der Waals surface area contributed by atoms with E-state index in [4.69, 9.17) is 0 Å². The van der Waals surface area contributed by atoms with Gasteiger partial charge in [0.15, 0.2) is 0 Å². The summed E-state index contributed by atoms with van der Waals surface area (Å²) in [5.41, 5.74) is 0. The summed E-state index contributed by atoms with van der Waals surface area (Å²) in [4.78, 5) is 2.23. The lowest BCUT2D eigenvalue weighted by molar-refractivity contribution is 0.374. The van der Waals surface area contributed by atoms with Crippen molar-refractivity contribution in [1.29, 1.82) is 0 Å². The van der Waals surface area contributed by atoms with E-state index in [2.05, 4.69) is 60.8 Å². The lowest BCUT2D eigenvalue weighted by Crippen LogP contribution is -2.36. The predicted molar refractivity (Wildman–Crippen MR) is 68.7 cm³/mol. The van der Waals surface area contributed by atoms with E-state index in [9.17, 15) is 0 Å². The number of nitrogens with one attached hydrogen (secondary N) is 1. The Morgan fingerprint density at radius 1 is 1.31 bits per heavy atom. The van der Waals surface area contributed by atoms with Crippen LogP contribution in [-0.2, 0) is 0 Å². The van der Waals surface area contributed by atoms with Gasteiger partial charge in [-0.15, -0.1) is 0 Å². The second-order valence-electron chi connectivity index (χ2n) is 4.12. The van der Waals surface area contributed by atoms with Gasteiger partial charge >= 0.3 is 0 Å². The first-order valence-corrected chi connectivity index (χ1v) is 6.54. The molecule has 0 radical (unpaired) electrons. The van der Waals surface area contributed by atoms with Crippen molar-refractivity contribution in [2.24, 2.45) is 5.92 Å². The number of nitrogens with zero attached hydrogens (tertiary/aromatic N) is 1. The summed E-state index contributed by atoms with van der Waals surface area (Å²) in [5.74, 6) is 0.747. The topological polar surface area (TPSA) is 15.3 Å². The van der Waals surface area contributed by atoms with Gasteiger partial charge in [-0.1, -0.05) is 36.4 Å². The van der Waals surface area contributed by atoms with Crippen LogP contribution in [0.4, 0.5) is 0 Å². The van der Waals surface area contributed by atoms with Gasteiger partial charge in [-0.2, -0.15) is 0 Å². The van der Waals surface area contributed by atoms with Crippen LogP contribution in [0.2, 0.25) is 0 Å². The van der Waals surface area contributed by atoms with Gasteiger partial charge in [0.2, 0.25) is 0 Å². The highest BCUT2D eigenvalue weighted by atomic mass is 127. The summed E-state index contributed by atoms with van der Waals surface area (Å²) in [6.07, 6.45) is 1.24. The Morgan fingerprint density at radius 3 is 2.31 bits per heavy atom. The zero-order valence-electron chi connectivity index (χ0n) is 9.31. The monoisotopic (exact) mass is 298 g/mol. The zero-order chi connectivity index (χ0) is 10.3. The summed E-state index contributed by atoms with van der Waals surface area (Å²) in [6, 6.07) is 0.683. The van der Waals surface area contributed by atoms with Crippen LogP contribution >= 0.6 is 22.6 Å². The minimum absolute atomic E-state index is 0.683. The molecule has 0 bridgehead atoms. The molecule has 80 valence electrons. The van der Waals surface area contributed by atoms with E-state index >= 15 is 0 Å². The molecule has 0 aliphatic rings. The highest BCUT2D eigenvalue weighted by Crippen LogP contribution is 2.04. The Kier molecular flexibility index (Phi) is 8.40. The SMILES string of the molecule is CC(C)C(CI)NCCCN(C)C. The molecule has 0 aromatic carbocycles. The minimum atomic E-state index is 0.683. The number of alkyl halides is 1. The van der Waals surface area contributed by atoms with Crippen LogP contribution in [0.1, 0.15) is 20.3 Å². The van der Waals surface area contributed by atoms with Gasteiger partial charge < -0.3 is 10.2 Å². The molecule has 1 atom stereocenters. The fourth-order valence-corrected chi connectivity index (χ4v) is 2.48. The summed E-state index contributed by atoms with van der Waals surface area (Å²) < 4.78 is 1.21. The molecule has 1 N–H and O–H groups in total. The molecule has 1 unspecified atom stereocenters. The molecule has 0 aromatic rings. The Bertz CT molecular complexity index is 115. The lowest BCUT2D eigenvalue weighted by Gasteiger charge is -2.20. The van der Waals surface area contributed by atoms with E-state index in [0.29, 0.717) is 6.04 Å². The molecule has 0 saturated heterocycles. The smallest absolute Gasteiger partial charge is 0.0180 e. The average Bonchev–Trinajstić information content (AvgIpc) is 2.03. The molecular formula is C10H23IN2. The molecule has 0 spiro atoms. The fraction of sp³-hybridized carbons (Fsp3) is 1.00. The fourth-order valence-electron chi connectivity index (χ4n) is 1.15. The molecule has 2 nitrogen and oxygen atoms in total. The third-order valence-electron chi connectivity index (χ3n) is 2.16. The van der Waals surface area contributed by atoms with Gasteiger partial charge in [0.1, 0.15) is 0 Å². The van der Waals surface area contributed by atoms with Crippen molar-refractivity contribution < 1.29 is 0 Å². The largest absolute Gasteiger partial charge is 0.313 e. The summed E-state index contributed by atoms with van der Waals surface area (Å²) in [5, 5.41) is 3.59. The molecule has 0 amide bonds. The Labute approximate surface area is 96.6 Å². The molecule has 0 aliphatic heterocycles. The zero-order valence-corrected chi connectivity index (χ0v) is 11.5. The van der Waals surface area contributed by atoms with Gasteiger partial charge in [0.05, 0.1) is 0 Å². The lowest BCUT2D eigenvalue weighted by atomic mass is 10.1. The van der Waals surface area contributed by atoms with Crippen LogP contribution in [0.15, 0.2) is 0 Å². The number of hydrogen-bond donors (Lipinski definition) is 1. The van der Waals surface area contributed by atoms with E-state index < -0.39 is 0 Å². The van der Waals surface area contributed by atoms with E-state index in [1.54, 1.807) is 0 Å². The van der Waals surface area contributed by atoms with Gasteiger partial charge in [-0.3, -0.25) is 0 Å². The highest BCUT2D eigenvalue weighted by molar-refractivity contribution is 14.1. The molecule has 3 heteroatoms. The summed E-state index contributed by atoms with van der Waals surface area (Å²) in [6.45, 7) is 6.88. The molecular weight excluding hydrogens is 275 g/mol. The third kappa shape index (κ3) is 7.70. The normalized spacial score (nSPS) is 14.1. The van der Waals surface area contributed by atoms with Gasteiger partial charge in [-0.05, 0) is 39.5 Å². The number of hydrogen-bond acceptors (Lipinski definition) is 2. The van der Waals surface area contributed by atoms with Gasteiger partial charge in [0.25, 0.3) is 0 Å². The summed E-state index contributed by atoms with van der Waals surface area (Å²) in [7, 11) is 4.25. The van der Waals surface area contributed by atoms with Crippen molar-refractivity contribution >= 4 is 22.6 Å². The van der Waals surface area contributed by atoms with Crippen LogP contribution < -0.4 is 5.32 Å². The van der Waals surface area contributed by atoms with E-state index in [1.165, 1.54) is 17.4 Å². The minimum Gasteiger partial charge on any atom is -0.313 e. The maximum absolute atomic E-state index is 3.59. The second-order valence-corrected chi connectivity index (χ2v) is 5.00. The Hall–Kier alpha value is 0.650. The Balaban J connectivity index is 3.39. The maximum Gasteiger partial charge on any atom is 0.0180 e. The summed E-state index contributed by atoms with van der Waals surface area (Å²) >= 11 is 2.46. The van der Waals surface area contributed by atoms with E-state index in [0.717, 1.165) is 12.5 Å². The molecule has 0 aromatic heterocycles. The maximum atomic E-state index is 3.59. The predicted octanol–water partition coefficient (Wildman–Crippen LogP) is 1.99. The van der Waals surface area contributed by atoms with Crippen molar-refractivity contribution in [2.75, 3.05) is 31.6 Å². The standard InChI is InChI=1S/C10H23IN2/c1-9(2)10(8-11)12-6-5-7-13(3)4/h9-10,12H,5-8H2,1-4H3. The molecule has 0 aliphatic carbocycles. The number of rotatable bonds is 7. The molecule has 13 heavy (non-hydrogen) atoms. The number of halogens is 1. The van der Waals surface area contributed by atoms with Crippen LogP contribution in [-0.4, -0.2) is 42.6 Å². The van der Waals surface area contributed by atoms with Crippen molar-refractivity contribution in [1.82, 2.24) is 10.2 Å². The quantitative estimate of drug-likeness (QED) is 0.439. The average molecular weight is 298 g/mol.